The van der Waals surface area contributed by atoms with Crippen LogP contribution in [-0.2, 0) is 30.5 Å². The molecular formula is C23H34N2O10. The van der Waals surface area contributed by atoms with Gasteiger partial charge >= 0.3 is 11.9 Å². The minimum absolute atomic E-state index is 0.00545. The maximum Gasteiger partial charge on any atom is 0.335 e. The third-order valence-corrected chi connectivity index (χ3v) is 5.13. The molecule has 35 heavy (non-hydrogen) atoms. The summed E-state index contributed by atoms with van der Waals surface area (Å²) < 4.78 is 16.0. The first kappa shape index (κ1) is 28.5. The van der Waals surface area contributed by atoms with Crippen molar-refractivity contribution in [3.05, 3.63) is 23.8 Å². The van der Waals surface area contributed by atoms with Gasteiger partial charge in [-0.25, -0.2) is 4.79 Å². The summed E-state index contributed by atoms with van der Waals surface area (Å²) in [6.07, 6.45) is -8.84. The van der Waals surface area contributed by atoms with E-state index < -0.39 is 42.6 Å². The molecule has 0 spiro atoms. The van der Waals surface area contributed by atoms with E-state index in [1.807, 2.05) is 13.8 Å². The Morgan fingerprint density at radius 2 is 1.74 bits per heavy atom. The van der Waals surface area contributed by atoms with Gasteiger partial charge in [0.25, 0.3) is 0 Å². The van der Waals surface area contributed by atoms with Gasteiger partial charge < -0.3 is 45.3 Å². The van der Waals surface area contributed by atoms with Gasteiger partial charge in [0, 0.05) is 19.0 Å². The summed E-state index contributed by atoms with van der Waals surface area (Å²) in [4.78, 5) is 35.6. The highest BCUT2D eigenvalue weighted by Gasteiger charge is 2.48. The number of carboxylic acid groups (broad SMARTS) is 1. The van der Waals surface area contributed by atoms with E-state index >= 15 is 0 Å². The number of aliphatic hydroxyl groups is 3. The monoisotopic (exact) mass is 498 g/mol. The van der Waals surface area contributed by atoms with Crippen LogP contribution in [0, 0.1) is 5.92 Å². The van der Waals surface area contributed by atoms with Crippen LogP contribution in [-0.4, -0.2) is 81.6 Å². The van der Waals surface area contributed by atoms with Crippen LogP contribution in [0.5, 0.6) is 5.75 Å². The molecule has 6 N–H and O–H groups in total. The van der Waals surface area contributed by atoms with Crippen LogP contribution in [0.25, 0.3) is 0 Å². The number of hydrogen-bond acceptors (Lipinski definition) is 10. The predicted octanol–water partition coefficient (Wildman–Crippen LogP) is -0.0166. The third kappa shape index (κ3) is 8.15. The van der Waals surface area contributed by atoms with E-state index in [2.05, 4.69) is 10.6 Å². The molecule has 196 valence electrons. The molecule has 1 aromatic rings. The van der Waals surface area contributed by atoms with Crippen LogP contribution in [0.2, 0.25) is 0 Å². The highest BCUT2D eigenvalue weighted by molar-refractivity contribution is 5.92. The summed E-state index contributed by atoms with van der Waals surface area (Å²) in [6, 6.07) is 4.67. The first-order valence-corrected chi connectivity index (χ1v) is 11.3. The quantitative estimate of drug-likeness (QED) is 0.225. The van der Waals surface area contributed by atoms with Crippen molar-refractivity contribution in [2.45, 2.75) is 77.5 Å². The molecule has 0 radical (unpaired) electrons. The average molecular weight is 499 g/mol. The number of rotatable bonds is 11. The van der Waals surface area contributed by atoms with E-state index in [9.17, 15) is 34.8 Å². The van der Waals surface area contributed by atoms with Gasteiger partial charge in [-0.15, -0.1) is 0 Å². The summed E-state index contributed by atoms with van der Waals surface area (Å²) in [6.45, 7) is 7.63. The van der Waals surface area contributed by atoms with Crippen molar-refractivity contribution in [2.75, 3.05) is 11.9 Å². The number of carbonyl (C=O) groups is 3. The summed E-state index contributed by atoms with van der Waals surface area (Å²) in [5.74, 6) is -2.62. The fourth-order valence-electron chi connectivity index (χ4n) is 3.15. The van der Waals surface area contributed by atoms with E-state index in [0.717, 1.165) is 0 Å². The lowest BCUT2D eigenvalue weighted by atomic mass is 9.99. The summed E-state index contributed by atoms with van der Waals surface area (Å²) in [7, 11) is 0. The minimum Gasteiger partial charge on any atom is -0.479 e. The van der Waals surface area contributed by atoms with Gasteiger partial charge in [0.05, 0.1) is 11.6 Å². The van der Waals surface area contributed by atoms with Crippen molar-refractivity contribution in [1.82, 2.24) is 5.32 Å². The molecule has 5 atom stereocenters. The smallest absolute Gasteiger partial charge is 0.335 e. The number of nitrogens with one attached hydrogen (secondary N) is 2. The van der Waals surface area contributed by atoms with Crippen molar-refractivity contribution < 1.29 is 49.0 Å². The SMILES string of the molecule is CC(C)NCCC(=O)Nc1cc(COC(=O)C(C)C)ccc1O[C@@H]1O[C@H](C(=O)O)[C@@H](O)[C@H](O)[C@H]1O. The molecule has 0 saturated carbocycles. The molecule has 1 aliphatic heterocycles. The first-order chi connectivity index (χ1) is 16.4. The topological polar surface area (TPSA) is 184 Å². The standard InChI is InChI=1S/C23H34N2O10/c1-11(2)22(32)33-10-13-5-6-15(14(9-13)25-16(26)7-8-24-12(3)4)34-23-19(29)17(27)18(28)20(35-23)21(30)31/h5-6,9,11-12,17-20,23-24,27-29H,7-8,10H2,1-4H3,(H,25,26)(H,30,31)/t17-,18-,19+,20-,23+/m0/s1. The van der Waals surface area contributed by atoms with Crippen molar-refractivity contribution in [1.29, 1.82) is 0 Å². The fourth-order valence-corrected chi connectivity index (χ4v) is 3.15. The number of benzene rings is 1. The fraction of sp³-hybridized carbons (Fsp3) is 0.609. The molecule has 1 fully saturated rings. The predicted molar refractivity (Wildman–Crippen MR) is 122 cm³/mol. The number of aliphatic carboxylic acids is 1. The lowest BCUT2D eigenvalue weighted by Gasteiger charge is -2.38. The van der Waals surface area contributed by atoms with Gasteiger partial charge in [-0.1, -0.05) is 33.8 Å². The number of esters is 1. The maximum atomic E-state index is 12.5. The van der Waals surface area contributed by atoms with E-state index in [1.165, 1.54) is 12.1 Å². The Morgan fingerprint density at radius 3 is 2.34 bits per heavy atom. The molecule has 1 saturated heterocycles. The lowest BCUT2D eigenvalue weighted by molar-refractivity contribution is -0.271. The summed E-state index contributed by atoms with van der Waals surface area (Å²) >= 11 is 0. The van der Waals surface area contributed by atoms with E-state index in [4.69, 9.17) is 14.2 Å². The second-order valence-electron chi connectivity index (χ2n) is 8.85. The third-order valence-electron chi connectivity index (χ3n) is 5.13. The Balaban J connectivity index is 2.24. The number of carboxylic acids is 1. The van der Waals surface area contributed by atoms with Gasteiger partial charge in [0.1, 0.15) is 30.7 Å². The van der Waals surface area contributed by atoms with Crippen LogP contribution in [0.15, 0.2) is 18.2 Å². The van der Waals surface area contributed by atoms with Crippen LogP contribution < -0.4 is 15.4 Å². The number of carbonyl (C=O) groups excluding carboxylic acids is 2. The van der Waals surface area contributed by atoms with Crippen molar-refractivity contribution in [2.24, 2.45) is 5.92 Å². The molecule has 12 heteroatoms. The molecule has 0 aliphatic carbocycles. The highest BCUT2D eigenvalue weighted by atomic mass is 16.7. The van der Waals surface area contributed by atoms with Crippen LogP contribution >= 0.6 is 0 Å². The van der Waals surface area contributed by atoms with Crippen LogP contribution in [0.4, 0.5) is 5.69 Å². The molecule has 0 aromatic heterocycles. The highest BCUT2D eigenvalue weighted by Crippen LogP contribution is 2.31. The molecule has 0 bridgehead atoms. The Morgan fingerprint density at radius 1 is 1.06 bits per heavy atom. The van der Waals surface area contributed by atoms with Gasteiger partial charge in [0.15, 0.2) is 6.10 Å². The van der Waals surface area contributed by atoms with E-state index in [1.54, 1.807) is 19.9 Å². The summed E-state index contributed by atoms with van der Waals surface area (Å²) in [5.41, 5.74) is 0.687. The number of ether oxygens (including phenoxy) is 3. The van der Waals surface area contributed by atoms with E-state index in [0.29, 0.717) is 12.1 Å². The molecule has 1 aliphatic rings. The molecule has 2 rings (SSSR count). The molecule has 1 heterocycles. The molecule has 0 unspecified atom stereocenters. The van der Waals surface area contributed by atoms with Crippen molar-refractivity contribution in [3.8, 4) is 5.75 Å². The minimum atomic E-state index is -1.87. The Kier molecular flexibility index (Phi) is 10.4. The Labute approximate surface area is 203 Å². The lowest BCUT2D eigenvalue weighted by Crippen LogP contribution is -2.61. The van der Waals surface area contributed by atoms with E-state index in [-0.39, 0.29) is 42.3 Å². The Bertz CT molecular complexity index is 891. The average Bonchev–Trinajstić information content (AvgIpc) is 2.78. The van der Waals surface area contributed by atoms with Crippen LogP contribution in [0.1, 0.15) is 39.7 Å². The maximum absolute atomic E-state index is 12.5. The second-order valence-corrected chi connectivity index (χ2v) is 8.85. The molecular weight excluding hydrogens is 464 g/mol. The largest absolute Gasteiger partial charge is 0.479 e. The van der Waals surface area contributed by atoms with Crippen molar-refractivity contribution >= 4 is 23.5 Å². The zero-order valence-electron chi connectivity index (χ0n) is 20.1. The molecule has 1 amide bonds. The van der Waals surface area contributed by atoms with Gasteiger partial charge in [0.2, 0.25) is 12.2 Å². The number of aliphatic hydroxyl groups excluding tert-OH is 3. The molecule has 1 aromatic carbocycles. The Hall–Kier alpha value is -2.77. The number of hydrogen-bond donors (Lipinski definition) is 6. The van der Waals surface area contributed by atoms with Crippen molar-refractivity contribution in [3.63, 3.8) is 0 Å². The second kappa shape index (κ2) is 12.8. The summed E-state index contributed by atoms with van der Waals surface area (Å²) in [5, 5.41) is 45.2. The zero-order chi connectivity index (χ0) is 26.3. The van der Waals surface area contributed by atoms with Crippen LogP contribution in [0.3, 0.4) is 0 Å². The van der Waals surface area contributed by atoms with Gasteiger partial charge in [-0.05, 0) is 17.7 Å². The van der Waals surface area contributed by atoms with Gasteiger partial charge in [-0.3, -0.25) is 9.59 Å². The zero-order valence-corrected chi connectivity index (χ0v) is 20.1. The normalized spacial score (nSPS) is 24.3. The first-order valence-electron chi connectivity index (χ1n) is 11.3. The number of anilines is 1. The number of amides is 1. The molecule has 12 nitrogen and oxygen atoms in total. The van der Waals surface area contributed by atoms with Gasteiger partial charge in [-0.2, -0.15) is 0 Å².